The predicted molar refractivity (Wildman–Crippen MR) is 53.4 cm³/mol. The predicted octanol–water partition coefficient (Wildman–Crippen LogP) is 0.557. The molecule has 0 aromatic heterocycles. The molecule has 0 spiro atoms. The molecule has 1 aliphatic rings. The van der Waals surface area contributed by atoms with Gasteiger partial charge in [0.1, 0.15) is 0 Å². The molecule has 0 saturated carbocycles. The van der Waals surface area contributed by atoms with Crippen molar-refractivity contribution in [3.8, 4) is 0 Å². The Morgan fingerprint density at radius 2 is 2.46 bits per heavy atom. The lowest BCUT2D eigenvalue weighted by Crippen LogP contribution is -2.21. The Morgan fingerprint density at radius 1 is 1.62 bits per heavy atom. The van der Waals surface area contributed by atoms with E-state index in [1.807, 2.05) is 18.1 Å². The molecule has 0 aromatic rings. The van der Waals surface area contributed by atoms with Gasteiger partial charge in [-0.1, -0.05) is 6.08 Å². The topological polar surface area (TPSA) is 50.8 Å². The van der Waals surface area contributed by atoms with Crippen LogP contribution in [0.1, 0.15) is 13.3 Å². The summed E-state index contributed by atoms with van der Waals surface area (Å²) < 4.78 is 5.25. The molecular weight excluding hydrogens is 166 g/mol. The first-order chi connectivity index (χ1) is 6.33. The number of hydrogen-bond donors (Lipinski definition) is 1. The summed E-state index contributed by atoms with van der Waals surface area (Å²) in [5, 5.41) is 6.23. The molecule has 0 saturated heterocycles. The number of rotatable bonds is 5. The maximum atomic E-state index is 5.29. The van der Waals surface area contributed by atoms with Gasteiger partial charge in [-0.2, -0.15) is 5.10 Å². The second-order valence-electron chi connectivity index (χ2n) is 2.99. The number of allylic oxidation sites excluding steroid dienone is 1. The van der Waals surface area contributed by atoms with Crippen LogP contribution in [0.2, 0.25) is 0 Å². The van der Waals surface area contributed by atoms with E-state index in [9.17, 15) is 0 Å². The summed E-state index contributed by atoms with van der Waals surface area (Å²) in [6.45, 7) is 4.71. The van der Waals surface area contributed by atoms with Crippen LogP contribution in [0.25, 0.3) is 0 Å². The van der Waals surface area contributed by atoms with Crippen LogP contribution in [0.4, 0.5) is 0 Å². The first kappa shape index (κ1) is 10.2. The van der Waals surface area contributed by atoms with Gasteiger partial charge in [0.15, 0.2) is 0 Å². The van der Waals surface area contributed by atoms with Crippen molar-refractivity contribution in [3.63, 3.8) is 0 Å². The van der Waals surface area contributed by atoms with E-state index in [0.29, 0.717) is 19.8 Å². The molecule has 1 rings (SSSR count). The van der Waals surface area contributed by atoms with Gasteiger partial charge in [0.2, 0.25) is 0 Å². The largest absolute Gasteiger partial charge is 0.378 e. The molecule has 0 aromatic carbocycles. The molecule has 4 heteroatoms. The first-order valence-corrected chi connectivity index (χ1v) is 4.58. The SMILES string of the molecule is CC1=NN(CCOCCN)C=CC1. The number of hydrazone groups is 1. The fourth-order valence-electron chi connectivity index (χ4n) is 1.11. The molecule has 0 bridgehead atoms. The Morgan fingerprint density at radius 3 is 3.15 bits per heavy atom. The Bertz CT molecular complexity index is 201. The lowest BCUT2D eigenvalue weighted by atomic mass is 10.3. The van der Waals surface area contributed by atoms with Gasteiger partial charge in [-0.05, 0) is 6.92 Å². The van der Waals surface area contributed by atoms with Gasteiger partial charge in [-0.3, -0.25) is 5.01 Å². The van der Waals surface area contributed by atoms with Crippen LogP contribution < -0.4 is 5.73 Å². The highest BCUT2D eigenvalue weighted by atomic mass is 16.5. The molecule has 74 valence electrons. The van der Waals surface area contributed by atoms with Crippen molar-refractivity contribution in [1.82, 2.24) is 5.01 Å². The third kappa shape index (κ3) is 4.05. The van der Waals surface area contributed by atoms with E-state index in [0.717, 1.165) is 18.7 Å². The molecule has 13 heavy (non-hydrogen) atoms. The standard InChI is InChI=1S/C9H17N3O/c1-9-3-2-5-12(11-9)6-8-13-7-4-10/h2,5H,3-4,6-8,10H2,1H3. The van der Waals surface area contributed by atoms with E-state index in [1.54, 1.807) is 0 Å². The molecule has 4 nitrogen and oxygen atoms in total. The van der Waals surface area contributed by atoms with Gasteiger partial charge in [-0.25, -0.2) is 0 Å². The third-order valence-electron chi connectivity index (χ3n) is 1.72. The van der Waals surface area contributed by atoms with Crippen molar-refractivity contribution in [2.45, 2.75) is 13.3 Å². The lowest BCUT2D eigenvalue weighted by molar-refractivity contribution is 0.123. The van der Waals surface area contributed by atoms with Gasteiger partial charge in [-0.15, -0.1) is 0 Å². The second-order valence-corrected chi connectivity index (χ2v) is 2.99. The van der Waals surface area contributed by atoms with Gasteiger partial charge < -0.3 is 10.5 Å². The van der Waals surface area contributed by atoms with Gasteiger partial charge in [0.25, 0.3) is 0 Å². The number of ether oxygens (including phenoxy) is 1. The van der Waals surface area contributed by atoms with E-state index in [-0.39, 0.29) is 0 Å². The maximum absolute atomic E-state index is 5.29. The van der Waals surface area contributed by atoms with Crippen LogP contribution in [0.5, 0.6) is 0 Å². The fraction of sp³-hybridized carbons (Fsp3) is 0.667. The molecule has 0 unspecified atom stereocenters. The summed E-state index contributed by atoms with van der Waals surface area (Å²) in [5.41, 5.74) is 6.43. The monoisotopic (exact) mass is 183 g/mol. The summed E-state index contributed by atoms with van der Waals surface area (Å²) in [7, 11) is 0. The van der Waals surface area contributed by atoms with Crippen LogP contribution in [-0.2, 0) is 4.74 Å². The first-order valence-electron chi connectivity index (χ1n) is 4.58. The molecule has 0 aliphatic carbocycles. The minimum atomic E-state index is 0.581. The summed E-state index contributed by atoms with van der Waals surface area (Å²) in [4.78, 5) is 0. The van der Waals surface area contributed by atoms with Gasteiger partial charge in [0, 0.05) is 24.9 Å². The highest BCUT2D eigenvalue weighted by molar-refractivity contribution is 5.83. The minimum Gasteiger partial charge on any atom is -0.378 e. The summed E-state index contributed by atoms with van der Waals surface area (Å²) >= 11 is 0. The van der Waals surface area contributed by atoms with Crippen molar-refractivity contribution >= 4 is 5.71 Å². The van der Waals surface area contributed by atoms with Crippen LogP contribution in [0.3, 0.4) is 0 Å². The van der Waals surface area contributed by atoms with E-state index >= 15 is 0 Å². The minimum absolute atomic E-state index is 0.581. The Balaban J connectivity index is 2.14. The van der Waals surface area contributed by atoms with Crippen LogP contribution in [-0.4, -0.2) is 37.0 Å². The average Bonchev–Trinajstić information content (AvgIpc) is 2.13. The van der Waals surface area contributed by atoms with Gasteiger partial charge >= 0.3 is 0 Å². The molecule has 1 aliphatic heterocycles. The fourth-order valence-corrected chi connectivity index (χ4v) is 1.11. The van der Waals surface area contributed by atoms with E-state index in [1.165, 1.54) is 0 Å². The zero-order valence-corrected chi connectivity index (χ0v) is 8.07. The average molecular weight is 183 g/mol. The molecule has 1 heterocycles. The van der Waals surface area contributed by atoms with E-state index < -0.39 is 0 Å². The van der Waals surface area contributed by atoms with E-state index in [2.05, 4.69) is 11.2 Å². The highest BCUT2D eigenvalue weighted by Gasteiger charge is 2.01. The second kappa shape index (κ2) is 5.72. The molecular formula is C9H17N3O. The van der Waals surface area contributed by atoms with Crippen LogP contribution in [0.15, 0.2) is 17.4 Å². The summed E-state index contributed by atoms with van der Waals surface area (Å²) in [5.74, 6) is 0. The smallest absolute Gasteiger partial charge is 0.0663 e. The highest BCUT2D eigenvalue weighted by Crippen LogP contribution is 2.02. The van der Waals surface area contributed by atoms with Crippen LogP contribution in [0, 0.1) is 0 Å². The quantitative estimate of drug-likeness (QED) is 0.633. The Labute approximate surface area is 79.0 Å². The Hall–Kier alpha value is -0.870. The van der Waals surface area contributed by atoms with Crippen molar-refractivity contribution in [1.29, 1.82) is 0 Å². The molecule has 2 N–H and O–H groups in total. The number of nitrogens with zero attached hydrogens (tertiary/aromatic N) is 2. The molecule has 0 amide bonds. The van der Waals surface area contributed by atoms with Crippen molar-refractivity contribution in [2.24, 2.45) is 10.8 Å². The van der Waals surface area contributed by atoms with Crippen LogP contribution >= 0.6 is 0 Å². The normalized spacial score (nSPS) is 16.2. The summed E-state index contributed by atoms with van der Waals surface area (Å²) in [6, 6.07) is 0. The zero-order valence-electron chi connectivity index (χ0n) is 8.07. The Kier molecular flexibility index (Phi) is 4.49. The van der Waals surface area contributed by atoms with Crippen molar-refractivity contribution in [3.05, 3.63) is 12.3 Å². The number of hydrogen-bond acceptors (Lipinski definition) is 4. The van der Waals surface area contributed by atoms with Crippen molar-refractivity contribution < 1.29 is 4.74 Å². The van der Waals surface area contributed by atoms with Crippen molar-refractivity contribution in [2.75, 3.05) is 26.3 Å². The lowest BCUT2D eigenvalue weighted by Gasteiger charge is -2.18. The number of nitrogens with two attached hydrogens (primary N) is 1. The van der Waals surface area contributed by atoms with Gasteiger partial charge in [0.05, 0.1) is 19.8 Å². The summed E-state index contributed by atoms with van der Waals surface area (Å²) in [6.07, 6.45) is 5.05. The molecule has 0 atom stereocenters. The molecule has 0 radical (unpaired) electrons. The molecule has 0 fully saturated rings. The zero-order chi connectivity index (χ0) is 9.52. The third-order valence-corrected chi connectivity index (χ3v) is 1.72. The maximum Gasteiger partial charge on any atom is 0.0663 e. The van der Waals surface area contributed by atoms with E-state index in [4.69, 9.17) is 10.5 Å².